The normalized spacial score (nSPS) is 9.83. The van der Waals surface area contributed by atoms with E-state index in [0.29, 0.717) is 11.3 Å². The summed E-state index contributed by atoms with van der Waals surface area (Å²) in [5, 5.41) is 11.3. The third kappa shape index (κ3) is 2.38. The zero-order chi connectivity index (χ0) is 13.1. The topological polar surface area (TPSA) is 57.8 Å². The van der Waals surface area contributed by atoms with Crippen LogP contribution in [0.1, 0.15) is 15.9 Å². The molecule has 0 saturated carbocycles. The maximum absolute atomic E-state index is 13.1. The van der Waals surface area contributed by atoms with Gasteiger partial charge < -0.3 is 9.88 Å². The second-order valence-corrected chi connectivity index (χ2v) is 3.83. The number of carbonyl (C=O) groups is 1. The highest BCUT2D eigenvalue weighted by atomic mass is 19.1. The first kappa shape index (κ1) is 11.9. The molecule has 1 N–H and O–H groups in total. The van der Waals surface area contributed by atoms with Gasteiger partial charge in [-0.15, -0.1) is 0 Å². The van der Waals surface area contributed by atoms with Crippen LogP contribution in [-0.4, -0.2) is 10.5 Å². The summed E-state index contributed by atoms with van der Waals surface area (Å²) in [5.41, 5.74) is 0.794. The Kier molecular flexibility index (Phi) is 3.11. The number of rotatable bonds is 2. The van der Waals surface area contributed by atoms with Crippen LogP contribution in [0.15, 0.2) is 36.7 Å². The van der Waals surface area contributed by atoms with Crippen molar-refractivity contribution in [1.82, 2.24) is 4.57 Å². The molecule has 0 spiro atoms. The van der Waals surface area contributed by atoms with Gasteiger partial charge in [0.15, 0.2) is 0 Å². The van der Waals surface area contributed by atoms with Gasteiger partial charge in [0, 0.05) is 25.1 Å². The van der Waals surface area contributed by atoms with E-state index in [9.17, 15) is 9.18 Å². The van der Waals surface area contributed by atoms with Crippen molar-refractivity contribution in [1.29, 1.82) is 5.26 Å². The molecule has 0 atom stereocenters. The van der Waals surface area contributed by atoms with Crippen LogP contribution in [0.3, 0.4) is 0 Å². The summed E-state index contributed by atoms with van der Waals surface area (Å²) in [7, 11) is 1.81. The van der Waals surface area contributed by atoms with Crippen LogP contribution in [0.5, 0.6) is 0 Å². The lowest BCUT2D eigenvalue weighted by Crippen LogP contribution is -2.11. The molecule has 1 aromatic carbocycles. The van der Waals surface area contributed by atoms with Crippen molar-refractivity contribution in [2.75, 3.05) is 5.32 Å². The number of carbonyl (C=O) groups excluding carboxylic acids is 1. The van der Waals surface area contributed by atoms with Crippen LogP contribution in [0, 0.1) is 17.1 Å². The number of amides is 1. The molecule has 5 heteroatoms. The monoisotopic (exact) mass is 243 g/mol. The van der Waals surface area contributed by atoms with Crippen molar-refractivity contribution in [3.05, 3.63) is 53.6 Å². The number of benzene rings is 1. The molecule has 0 aliphatic heterocycles. The molecule has 90 valence electrons. The Hall–Kier alpha value is -2.61. The molecule has 0 fully saturated rings. The Morgan fingerprint density at radius 3 is 2.83 bits per heavy atom. The average Bonchev–Trinajstić information content (AvgIpc) is 2.78. The Balaban J connectivity index is 2.20. The minimum atomic E-state index is -0.602. The number of halogens is 1. The van der Waals surface area contributed by atoms with Gasteiger partial charge in [0.25, 0.3) is 5.91 Å². The number of aromatic nitrogens is 1. The second kappa shape index (κ2) is 4.72. The van der Waals surface area contributed by atoms with Gasteiger partial charge in [0.2, 0.25) is 0 Å². The van der Waals surface area contributed by atoms with Gasteiger partial charge in [-0.25, -0.2) is 4.39 Å². The fourth-order valence-electron chi connectivity index (χ4n) is 1.53. The summed E-state index contributed by atoms with van der Waals surface area (Å²) in [6.07, 6.45) is 3.42. The van der Waals surface area contributed by atoms with Crippen LogP contribution < -0.4 is 5.32 Å². The fraction of sp³-hybridized carbons (Fsp3) is 0.0769. The van der Waals surface area contributed by atoms with E-state index in [2.05, 4.69) is 5.32 Å². The van der Waals surface area contributed by atoms with Crippen LogP contribution in [0.25, 0.3) is 0 Å². The molecule has 1 aromatic heterocycles. The zero-order valence-corrected chi connectivity index (χ0v) is 9.64. The third-order valence-corrected chi connectivity index (χ3v) is 2.44. The number of anilines is 1. The largest absolute Gasteiger partial charge is 0.356 e. The van der Waals surface area contributed by atoms with Crippen LogP contribution >= 0.6 is 0 Å². The Morgan fingerprint density at radius 1 is 1.44 bits per heavy atom. The molecule has 1 amide bonds. The van der Waals surface area contributed by atoms with Crippen molar-refractivity contribution in [3.63, 3.8) is 0 Å². The quantitative estimate of drug-likeness (QED) is 0.879. The average molecular weight is 243 g/mol. The molecule has 0 aliphatic rings. The standard InChI is InChI=1S/C13H10FN3O/c1-17-5-4-9(8-17)13(18)16-11-2-3-12(14)10(6-11)7-15/h2-6,8H,1H3,(H,16,18). The summed E-state index contributed by atoms with van der Waals surface area (Å²) in [4.78, 5) is 11.8. The highest BCUT2D eigenvalue weighted by Crippen LogP contribution is 2.15. The Bertz CT molecular complexity index is 640. The Morgan fingerprint density at radius 2 is 2.22 bits per heavy atom. The molecule has 4 nitrogen and oxygen atoms in total. The lowest BCUT2D eigenvalue weighted by Gasteiger charge is -2.04. The van der Waals surface area contributed by atoms with Gasteiger partial charge in [-0.2, -0.15) is 5.26 Å². The highest BCUT2D eigenvalue weighted by Gasteiger charge is 2.09. The van der Waals surface area contributed by atoms with Crippen molar-refractivity contribution in [3.8, 4) is 6.07 Å². The first-order chi connectivity index (χ1) is 8.60. The molecule has 0 saturated heterocycles. The van der Waals surface area contributed by atoms with E-state index >= 15 is 0 Å². The molecule has 2 rings (SSSR count). The predicted molar refractivity (Wildman–Crippen MR) is 64.5 cm³/mol. The van der Waals surface area contributed by atoms with E-state index in [1.807, 2.05) is 7.05 Å². The molecule has 0 unspecified atom stereocenters. The van der Waals surface area contributed by atoms with E-state index in [1.54, 1.807) is 29.1 Å². The maximum atomic E-state index is 13.1. The van der Waals surface area contributed by atoms with E-state index < -0.39 is 5.82 Å². The summed E-state index contributed by atoms with van der Waals surface area (Å²) in [6, 6.07) is 7.26. The van der Waals surface area contributed by atoms with Crippen molar-refractivity contribution in [2.45, 2.75) is 0 Å². The lowest BCUT2D eigenvalue weighted by molar-refractivity contribution is 0.102. The molecule has 1 heterocycles. The van der Waals surface area contributed by atoms with E-state index in [-0.39, 0.29) is 11.5 Å². The zero-order valence-electron chi connectivity index (χ0n) is 9.64. The molecule has 0 bridgehead atoms. The van der Waals surface area contributed by atoms with Crippen molar-refractivity contribution >= 4 is 11.6 Å². The summed E-state index contributed by atoms with van der Waals surface area (Å²) < 4.78 is 14.8. The molecule has 0 radical (unpaired) electrons. The van der Waals surface area contributed by atoms with E-state index in [0.717, 1.165) is 6.07 Å². The smallest absolute Gasteiger partial charge is 0.257 e. The van der Waals surface area contributed by atoms with Gasteiger partial charge in [-0.1, -0.05) is 0 Å². The van der Waals surface area contributed by atoms with E-state index in [4.69, 9.17) is 5.26 Å². The first-order valence-electron chi connectivity index (χ1n) is 5.23. The van der Waals surface area contributed by atoms with Crippen LogP contribution in [-0.2, 0) is 7.05 Å². The van der Waals surface area contributed by atoms with Gasteiger partial charge in [-0.3, -0.25) is 4.79 Å². The van der Waals surface area contributed by atoms with E-state index in [1.165, 1.54) is 12.1 Å². The molecule has 0 aliphatic carbocycles. The maximum Gasteiger partial charge on any atom is 0.257 e. The predicted octanol–water partition coefficient (Wildman–Crippen LogP) is 2.29. The van der Waals surface area contributed by atoms with Crippen LogP contribution in [0.4, 0.5) is 10.1 Å². The number of hydrogen-bond donors (Lipinski definition) is 1. The number of nitrogens with zero attached hydrogens (tertiary/aromatic N) is 2. The molecule has 18 heavy (non-hydrogen) atoms. The highest BCUT2D eigenvalue weighted by molar-refractivity contribution is 6.04. The van der Waals surface area contributed by atoms with Gasteiger partial charge in [0.05, 0.1) is 11.1 Å². The van der Waals surface area contributed by atoms with Crippen molar-refractivity contribution < 1.29 is 9.18 Å². The fourth-order valence-corrected chi connectivity index (χ4v) is 1.53. The van der Waals surface area contributed by atoms with Crippen LogP contribution in [0.2, 0.25) is 0 Å². The number of hydrogen-bond acceptors (Lipinski definition) is 2. The molecule has 2 aromatic rings. The third-order valence-electron chi connectivity index (χ3n) is 2.44. The SMILES string of the molecule is Cn1ccc(C(=O)Nc2ccc(F)c(C#N)c2)c1. The summed E-state index contributed by atoms with van der Waals surface area (Å²) in [5.74, 6) is -0.902. The summed E-state index contributed by atoms with van der Waals surface area (Å²) in [6.45, 7) is 0. The minimum Gasteiger partial charge on any atom is -0.356 e. The molecular weight excluding hydrogens is 233 g/mol. The second-order valence-electron chi connectivity index (χ2n) is 3.83. The number of aryl methyl sites for hydroxylation is 1. The minimum absolute atomic E-state index is 0.0964. The summed E-state index contributed by atoms with van der Waals surface area (Å²) >= 11 is 0. The Labute approximate surface area is 103 Å². The number of nitriles is 1. The lowest BCUT2D eigenvalue weighted by atomic mass is 10.2. The number of nitrogens with one attached hydrogen (secondary N) is 1. The first-order valence-corrected chi connectivity index (χ1v) is 5.23. The van der Waals surface area contributed by atoms with Gasteiger partial charge in [0.1, 0.15) is 11.9 Å². The van der Waals surface area contributed by atoms with Gasteiger partial charge in [-0.05, 0) is 24.3 Å². The van der Waals surface area contributed by atoms with Gasteiger partial charge >= 0.3 is 0 Å². The molecular formula is C13H10FN3O. The van der Waals surface area contributed by atoms with Crippen molar-refractivity contribution in [2.24, 2.45) is 7.05 Å².